The zero-order chi connectivity index (χ0) is 13.0. The Kier molecular flexibility index (Phi) is 4.44. The topological polar surface area (TPSA) is 38.1 Å². The van der Waals surface area contributed by atoms with Crippen molar-refractivity contribution in [2.75, 3.05) is 0 Å². The van der Waals surface area contributed by atoms with Crippen molar-refractivity contribution in [3.63, 3.8) is 0 Å². The lowest BCUT2D eigenvalue weighted by Crippen LogP contribution is -2.36. The Bertz CT molecular complexity index is 337. The van der Waals surface area contributed by atoms with Crippen LogP contribution in [-0.2, 0) is 6.54 Å². The van der Waals surface area contributed by atoms with Gasteiger partial charge in [-0.05, 0) is 37.0 Å². The van der Waals surface area contributed by atoms with Gasteiger partial charge in [0.1, 0.15) is 6.26 Å². The molecule has 0 bridgehead atoms. The van der Waals surface area contributed by atoms with Crippen LogP contribution in [0.4, 0.5) is 0 Å². The summed E-state index contributed by atoms with van der Waals surface area (Å²) in [4.78, 5) is 0. The number of aromatic nitrogens is 1. The lowest BCUT2D eigenvalue weighted by molar-refractivity contribution is 0.136. The smallest absolute Gasteiger partial charge is 0.124 e. The first-order chi connectivity index (χ1) is 8.62. The first-order valence-corrected chi connectivity index (χ1v) is 7.24. The minimum absolute atomic E-state index is 0.511. The van der Waals surface area contributed by atoms with Gasteiger partial charge in [-0.15, -0.1) is 0 Å². The first kappa shape index (κ1) is 13.6. The predicted molar refractivity (Wildman–Crippen MR) is 73.2 cm³/mol. The third-order valence-electron chi connectivity index (χ3n) is 4.81. The highest BCUT2D eigenvalue weighted by Crippen LogP contribution is 2.40. The second-order valence-corrected chi connectivity index (χ2v) is 6.26. The van der Waals surface area contributed by atoms with Crippen molar-refractivity contribution >= 4 is 0 Å². The molecule has 1 aromatic rings. The fourth-order valence-corrected chi connectivity index (χ4v) is 2.95. The van der Waals surface area contributed by atoms with E-state index in [9.17, 15) is 0 Å². The molecule has 1 N–H and O–H groups in total. The van der Waals surface area contributed by atoms with Crippen molar-refractivity contribution in [1.82, 2.24) is 10.5 Å². The molecule has 2 rings (SSSR count). The third-order valence-corrected chi connectivity index (χ3v) is 4.81. The quantitative estimate of drug-likeness (QED) is 0.864. The van der Waals surface area contributed by atoms with Crippen molar-refractivity contribution in [2.45, 2.75) is 65.5 Å². The summed E-state index contributed by atoms with van der Waals surface area (Å²) in [5, 5.41) is 7.52. The van der Waals surface area contributed by atoms with Gasteiger partial charge in [0.25, 0.3) is 0 Å². The fourth-order valence-electron chi connectivity index (χ4n) is 2.95. The summed E-state index contributed by atoms with van der Waals surface area (Å²) in [6.07, 6.45) is 8.24. The van der Waals surface area contributed by atoms with Gasteiger partial charge in [0.15, 0.2) is 0 Å². The zero-order valence-corrected chi connectivity index (χ0v) is 11.9. The average Bonchev–Trinajstić information content (AvgIpc) is 2.90. The Morgan fingerprint density at radius 1 is 1.33 bits per heavy atom. The largest absolute Gasteiger partial charge is 0.364 e. The van der Waals surface area contributed by atoms with E-state index in [0.29, 0.717) is 11.5 Å². The molecule has 0 saturated heterocycles. The number of nitrogens with zero attached hydrogens (tertiary/aromatic N) is 1. The standard InChI is InChI=1S/C15H26N2O/c1-4-15(2,3)12-5-7-13(8-6-12)16-11-14-9-10-18-17-14/h9-10,12-13,16H,4-8,11H2,1-3H3. The molecule has 0 atom stereocenters. The minimum atomic E-state index is 0.511. The van der Waals surface area contributed by atoms with Crippen molar-refractivity contribution in [3.05, 3.63) is 18.0 Å². The Balaban J connectivity index is 1.73. The van der Waals surface area contributed by atoms with Crippen molar-refractivity contribution in [3.8, 4) is 0 Å². The van der Waals surface area contributed by atoms with Gasteiger partial charge in [0, 0.05) is 18.7 Å². The monoisotopic (exact) mass is 250 g/mol. The highest BCUT2D eigenvalue weighted by molar-refractivity contribution is 4.95. The summed E-state index contributed by atoms with van der Waals surface area (Å²) in [7, 11) is 0. The molecule has 1 heterocycles. The van der Waals surface area contributed by atoms with Gasteiger partial charge in [-0.25, -0.2) is 0 Å². The molecule has 18 heavy (non-hydrogen) atoms. The maximum Gasteiger partial charge on any atom is 0.124 e. The average molecular weight is 250 g/mol. The maximum absolute atomic E-state index is 4.84. The molecular weight excluding hydrogens is 224 g/mol. The second kappa shape index (κ2) is 5.87. The summed E-state index contributed by atoms with van der Waals surface area (Å²) in [5.41, 5.74) is 1.52. The second-order valence-electron chi connectivity index (χ2n) is 6.26. The van der Waals surface area contributed by atoms with Crippen molar-refractivity contribution in [2.24, 2.45) is 11.3 Å². The molecule has 102 valence electrons. The summed E-state index contributed by atoms with van der Waals surface area (Å²) in [6.45, 7) is 7.99. The normalized spacial score (nSPS) is 25.3. The van der Waals surface area contributed by atoms with E-state index in [0.717, 1.165) is 18.2 Å². The molecule has 1 aromatic heterocycles. The van der Waals surface area contributed by atoms with Gasteiger partial charge in [-0.3, -0.25) is 0 Å². The molecule has 1 fully saturated rings. The van der Waals surface area contributed by atoms with Gasteiger partial charge in [0.2, 0.25) is 0 Å². The van der Waals surface area contributed by atoms with Crippen LogP contribution in [-0.4, -0.2) is 11.2 Å². The Hall–Kier alpha value is -0.830. The minimum Gasteiger partial charge on any atom is -0.364 e. The van der Waals surface area contributed by atoms with E-state index in [-0.39, 0.29) is 0 Å². The molecule has 0 aromatic carbocycles. The lowest BCUT2D eigenvalue weighted by atomic mass is 9.69. The van der Waals surface area contributed by atoms with E-state index in [1.807, 2.05) is 6.07 Å². The molecule has 1 aliphatic rings. The number of hydrogen-bond donors (Lipinski definition) is 1. The molecule has 3 nitrogen and oxygen atoms in total. The molecule has 1 aliphatic carbocycles. The van der Waals surface area contributed by atoms with E-state index in [2.05, 4.69) is 31.2 Å². The summed E-state index contributed by atoms with van der Waals surface area (Å²) >= 11 is 0. The third kappa shape index (κ3) is 3.35. The Labute approximate surface area is 110 Å². The Morgan fingerprint density at radius 2 is 2.06 bits per heavy atom. The molecule has 0 spiro atoms. The van der Waals surface area contributed by atoms with E-state index < -0.39 is 0 Å². The van der Waals surface area contributed by atoms with Crippen LogP contribution >= 0.6 is 0 Å². The molecule has 3 heteroatoms. The van der Waals surface area contributed by atoms with Crippen LogP contribution in [0.1, 0.15) is 58.6 Å². The summed E-state index contributed by atoms with van der Waals surface area (Å²) < 4.78 is 4.84. The van der Waals surface area contributed by atoms with Crippen molar-refractivity contribution in [1.29, 1.82) is 0 Å². The van der Waals surface area contributed by atoms with Gasteiger partial charge >= 0.3 is 0 Å². The van der Waals surface area contributed by atoms with Gasteiger partial charge in [0.05, 0.1) is 5.69 Å². The highest BCUT2D eigenvalue weighted by atomic mass is 16.5. The van der Waals surface area contributed by atoms with E-state index in [4.69, 9.17) is 4.52 Å². The number of rotatable bonds is 5. The number of nitrogens with one attached hydrogen (secondary N) is 1. The molecule has 0 amide bonds. The van der Waals surface area contributed by atoms with Crippen LogP contribution in [0.5, 0.6) is 0 Å². The van der Waals surface area contributed by atoms with Gasteiger partial charge in [-0.1, -0.05) is 32.3 Å². The number of hydrogen-bond acceptors (Lipinski definition) is 3. The Morgan fingerprint density at radius 3 is 2.61 bits per heavy atom. The van der Waals surface area contributed by atoms with Crippen LogP contribution in [0.25, 0.3) is 0 Å². The van der Waals surface area contributed by atoms with Gasteiger partial charge in [-0.2, -0.15) is 0 Å². The highest BCUT2D eigenvalue weighted by Gasteiger charge is 2.31. The van der Waals surface area contributed by atoms with Crippen LogP contribution in [0.3, 0.4) is 0 Å². The first-order valence-electron chi connectivity index (χ1n) is 7.24. The van der Waals surface area contributed by atoms with Gasteiger partial charge < -0.3 is 9.84 Å². The van der Waals surface area contributed by atoms with Crippen LogP contribution in [0.15, 0.2) is 16.9 Å². The molecule has 0 radical (unpaired) electrons. The summed E-state index contributed by atoms with van der Waals surface area (Å²) in [6, 6.07) is 2.59. The molecule has 1 saturated carbocycles. The molecule has 0 aliphatic heterocycles. The lowest BCUT2D eigenvalue weighted by Gasteiger charge is -2.39. The van der Waals surface area contributed by atoms with E-state index in [1.165, 1.54) is 32.1 Å². The summed E-state index contributed by atoms with van der Waals surface area (Å²) in [5.74, 6) is 0.896. The van der Waals surface area contributed by atoms with Crippen molar-refractivity contribution < 1.29 is 4.52 Å². The van der Waals surface area contributed by atoms with Crippen LogP contribution in [0, 0.1) is 11.3 Å². The SMILES string of the molecule is CCC(C)(C)C1CCC(NCc2ccon2)CC1. The fraction of sp³-hybridized carbons (Fsp3) is 0.800. The zero-order valence-electron chi connectivity index (χ0n) is 11.9. The predicted octanol–water partition coefficient (Wildman–Crippen LogP) is 3.76. The molecular formula is C15H26N2O. The van der Waals surface area contributed by atoms with Crippen LogP contribution in [0.2, 0.25) is 0 Å². The van der Waals surface area contributed by atoms with E-state index >= 15 is 0 Å². The molecule has 0 unspecified atom stereocenters. The maximum atomic E-state index is 4.84. The van der Waals surface area contributed by atoms with Crippen LogP contribution < -0.4 is 5.32 Å². The van der Waals surface area contributed by atoms with E-state index in [1.54, 1.807) is 6.26 Å².